The Morgan fingerprint density at radius 1 is 1.24 bits per heavy atom. The quantitative estimate of drug-likeness (QED) is 0.711. The van der Waals surface area contributed by atoms with Gasteiger partial charge in [-0.25, -0.2) is 8.42 Å². The summed E-state index contributed by atoms with van der Waals surface area (Å²) in [5.74, 6) is 0.472. The SMILES string of the molecule is CCN(CC)S(=O)(=O)c1ccc(C(=O)NCCC2CCNC2)cc1.Cl. The van der Waals surface area contributed by atoms with Crippen LogP contribution in [0, 0.1) is 5.92 Å². The molecule has 1 aliphatic heterocycles. The second kappa shape index (κ2) is 10.1. The molecule has 1 saturated heterocycles. The molecule has 0 saturated carbocycles. The van der Waals surface area contributed by atoms with Crippen LogP contribution in [0.3, 0.4) is 0 Å². The molecule has 0 bridgehead atoms. The third-order valence-corrected chi connectivity index (χ3v) is 6.52. The van der Waals surface area contributed by atoms with Gasteiger partial charge in [0.2, 0.25) is 10.0 Å². The molecular weight excluding hydrogens is 362 g/mol. The number of nitrogens with one attached hydrogen (secondary N) is 2. The fraction of sp³-hybridized carbons (Fsp3) is 0.588. The molecule has 0 spiro atoms. The lowest BCUT2D eigenvalue weighted by molar-refractivity contribution is 0.0951. The summed E-state index contributed by atoms with van der Waals surface area (Å²) in [6.45, 7) is 7.19. The second-order valence-corrected chi connectivity index (χ2v) is 7.96. The number of hydrogen-bond donors (Lipinski definition) is 2. The average Bonchev–Trinajstić information content (AvgIpc) is 3.09. The Morgan fingerprint density at radius 2 is 1.88 bits per heavy atom. The monoisotopic (exact) mass is 389 g/mol. The summed E-state index contributed by atoms with van der Waals surface area (Å²) >= 11 is 0. The van der Waals surface area contributed by atoms with E-state index in [0.717, 1.165) is 25.9 Å². The molecule has 6 nitrogen and oxygen atoms in total. The zero-order valence-corrected chi connectivity index (χ0v) is 16.5. The Hall–Kier alpha value is -1.15. The normalized spacial score (nSPS) is 17.3. The summed E-state index contributed by atoms with van der Waals surface area (Å²) in [4.78, 5) is 12.4. The largest absolute Gasteiger partial charge is 0.352 e. The predicted molar refractivity (Wildman–Crippen MR) is 102 cm³/mol. The lowest BCUT2D eigenvalue weighted by Gasteiger charge is -2.18. The number of carbonyl (C=O) groups excluding carboxylic acids is 1. The van der Waals surface area contributed by atoms with Crippen LogP contribution < -0.4 is 10.6 Å². The van der Waals surface area contributed by atoms with Crippen molar-refractivity contribution in [3.63, 3.8) is 0 Å². The van der Waals surface area contributed by atoms with Crippen molar-refractivity contribution in [2.45, 2.75) is 31.6 Å². The topological polar surface area (TPSA) is 78.5 Å². The molecule has 1 heterocycles. The van der Waals surface area contributed by atoms with Crippen LogP contribution in [-0.4, -0.2) is 51.4 Å². The molecule has 1 amide bonds. The summed E-state index contributed by atoms with van der Waals surface area (Å²) in [6.07, 6.45) is 2.13. The molecule has 1 atom stereocenters. The van der Waals surface area contributed by atoms with E-state index < -0.39 is 10.0 Å². The minimum Gasteiger partial charge on any atom is -0.352 e. The molecule has 0 aromatic heterocycles. The first-order valence-corrected chi connectivity index (χ1v) is 10.0. The highest BCUT2D eigenvalue weighted by atomic mass is 35.5. The molecule has 0 aliphatic carbocycles. The van der Waals surface area contributed by atoms with Crippen molar-refractivity contribution in [2.75, 3.05) is 32.7 Å². The molecule has 1 aromatic rings. The Kier molecular flexibility index (Phi) is 8.85. The van der Waals surface area contributed by atoms with Gasteiger partial charge in [0.1, 0.15) is 0 Å². The molecule has 2 rings (SSSR count). The van der Waals surface area contributed by atoms with Gasteiger partial charge in [0.25, 0.3) is 5.91 Å². The highest BCUT2D eigenvalue weighted by molar-refractivity contribution is 7.89. The van der Waals surface area contributed by atoms with Crippen LogP contribution >= 0.6 is 12.4 Å². The maximum atomic E-state index is 12.4. The van der Waals surface area contributed by atoms with Crippen molar-refractivity contribution in [1.82, 2.24) is 14.9 Å². The van der Waals surface area contributed by atoms with Crippen molar-refractivity contribution in [2.24, 2.45) is 5.92 Å². The smallest absolute Gasteiger partial charge is 0.251 e. The van der Waals surface area contributed by atoms with Crippen molar-refractivity contribution >= 4 is 28.3 Å². The van der Waals surface area contributed by atoms with Gasteiger partial charge in [-0.15, -0.1) is 12.4 Å². The van der Waals surface area contributed by atoms with Crippen LogP contribution in [0.5, 0.6) is 0 Å². The Bertz CT molecular complexity index is 640. The number of hydrogen-bond acceptors (Lipinski definition) is 4. The highest BCUT2D eigenvalue weighted by Gasteiger charge is 2.21. The highest BCUT2D eigenvalue weighted by Crippen LogP contribution is 2.16. The number of carbonyl (C=O) groups is 1. The van der Waals surface area contributed by atoms with Crippen LogP contribution in [0.4, 0.5) is 0 Å². The third kappa shape index (κ3) is 5.67. The fourth-order valence-electron chi connectivity index (χ4n) is 2.94. The van der Waals surface area contributed by atoms with E-state index in [-0.39, 0.29) is 23.2 Å². The molecule has 1 unspecified atom stereocenters. The molecule has 8 heteroatoms. The van der Waals surface area contributed by atoms with Gasteiger partial charge in [0, 0.05) is 25.2 Å². The van der Waals surface area contributed by atoms with Crippen LogP contribution in [-0.2, 0) is 10.0 Å². The van der Waals surface area contributed by atoms with Crippen LogP contribution in [0.1, 0.15) is 37.0 Å². The summed E-state index contributed by atoms with van der Waals surface area (Å²) in [5, 5.41) is 6.21. The third-order valence-electron chi connectivity index (χ3n) is 4.46. The predicted octanol–water partition coefficient (Wildman–Crippen LogP) is 1.87. The van der Waals surface area contributed by atoms with E-state index in [2.05, 4.69) is 10.6 Å². The fourth-order valence-corrected chi connectivity index (χ4v) is 4.40. The van der Waals surface area contributed by atoms with Crippen molar-refractivity contribution < 1.29 is 13.2 Å². The van der Waals surface area contributed by atoms with E-state index in [0.29, 0.717) is 31.1 Å². The molecule has 0 radical (unpaired) electrons. The Balaban J connectivity index is 0.00000312. The first kappa shape index (κ1) is 21.9. The minimum atomic E-state index is -3.48. The summed E-state index contributed by atoms with van der Waals surface area (Å²) < 4.78 is 26.2. The zero-order valence-electron chi connectivity index (χ0n) is 14.8. The molecule has 142 valence electrons. The van der Waals surface area contributed by atoms with Gasteiger partial charge in [-0.05, 0) is 56.1 Å². The summed E-state index contributed by atoms with van der Waals surface area (Å²) in [7, 11) is -3.48. The molecule has 1 fully saturated rings. The number of amides is 1. The first-order chi connectivity index (χ1) is 11.5. The van der Waals surface area contributed by atoms with Gasteiger partial charge >= 0.3 is 0 Å². The lowest BCUT2D eigenvalue weighted by atomic mass is 10.1. The van der Waals surface area contributed by atoms with E-state index in [1.54, 1.807) is 12.1 Å². The summed E-state index contributed by atoms with van der Waals surface area (Å²) in [5.41, 5.74) is 0.484. The Morgan fingerprint density at radius 3 is 2.40 bits per heavy atom. The second-order valence-electron chi connectivity index (χ2n) is 6.02. The van der Waals surface area contributed by atoms with Gasteiger partial charge in [-0.3, -0.25) is 4.79 Å². The van der Waals surface area contributed by atoms with Crippen molar-refractivity contribution in [3.8, 4) is 0 Å². The van der Waals surface area contributed by atoms with Crippen molar-refractivity contribution in [3.05, 3.63) is 29.8 Å². The summed E-state index contributed by atoms with van der Waals surface area (Å²) in [6, 6.07) is 6.15. The first-order valence-electron chi connectivity index (χ1n) is 8.58. The standard InChI is InChI=1S/C17H27N3O3S.ClH/c1-3-20(4-2)24(22,23)16-7-5-15(6-8-16)17(21)19-12-10-14-9-11-18-13-14;/h5-8,14,18H,3-4,9-13H2,1-2H3,(H,19,21);1H. The van der Waals surface area contributed by atoms with Gasteiger partial charge in [-0.2, -0.15) is 4.31 Å². The van der Waals surface area contributed by atoms with Crippen LogP contribution in [0.2, 0.25) is 0 Å². The zero-order chi connectivity index (χ0) is 17.6. The van der Waals surface area contributed by atoms with E-state index in [1.165, 1.54) is 16.4 Å². The number of nitrogens with zero attached hydrogens (tertiary/aromatic N) is 1. The van der Waals surface area contributed by atoms with Gasteiger partial charge in [0.05, 0.1) is 4.90 Å². The Labute approximate surface area is 156 Å². The molecule has 25 heavy (non-hydrogen) atoms. The number of halogens is 1. The van der Waals surface area contributed by atoms with Gasteiger partial charge < -0.3 is 10.6 Å². The minimum absolute atomic E-state index is 0. The van der Waals surface area contributed by atoms with E-state index in [9.17, 15) is 13.2 Å². The molecule has 1 aromatic carbocycles. The number of sulfonamides is 1. The van der Waals surface area contributed by atoms with E-state index in [1.807, 2.05) is 13.8 Å². The number of rotatable bonds is 8. The average molecular weight is 390 g/mol. The van der Waals surface area contributed by atoms with Crippen LogP contribution in [0.15, 0.2) is 29.2 Å². The van der Waals surface area contributed by atoms with Gasteiger partial charge in [0.15, 0.2) is 0 Å². The van der Waals surface area contributed by atoms with E-state index in [4.69, 9.17) is 0 Å². The lowest BCUT2D eigenvalue weighted by Crippen LogP contribution is -2.30. The number of benzene rings is 1. The van der Waals surface area contributed by atoms with Gasteiger partial charge in [-0.1, -0.05) is 13.8 Å². The van der Waals surface area contributed by atoms with Crippen LogP contribution in [0.25, 0.3) is 0 Å². The maximum absolute atomic E-state index is 12.4. The van der Waals surface area contributed by atoms with E-state index >= 15 is 0 Å². The molecular formula is C17H28ClN3O3S. The van der Waals surface area contributed by atoms with Crippen molar-refractivity contribution in [1.29, 1.82) is 0 Å². The molecule has 1 aliphatic rings. The molecule has 2 N–H and O–H groups in total. The maximum Gasteiger partial charge on any atom is 0.251 e.